The van der Waals surface area contributed by atoms with E-state index >= 15 is 0 Å². The van der Waals surface area contributed by atoms with Crippen LogP contribution in [0.2, 0.25) is 0 Å². The molecule has 1 spiro atoms. The molecule has 2 aliphatic rings. The van der Waals surface area contributed by atoms with E-state index in [-0.39, 0.29) is 12.7 Å². The normalized spacial score (nSPS) is 20.0. The van der Waals surface area contributed by atoms with Crippen LogP contribution in [0, 0.1) is 0 Å². The van der Waals surface area contributed by atoms with Gasteiger partial charge in [-0.3, -0.25) is 0 Å². The van der Waals surface area contributed by atoms with Crippen LogP contribution in [-0.4, -0.2) is 55.9 Å². The molecule has 0 saturated carbocycles. The van der Waals surface area contributed by atoms with Gasteiger partial charge in [-0.15, -0.1) is 0 Å². The number of benzene rings is 1. The minimum atomic E-state index is -0.742. The predicted octanol–water partition coefficient (Wildman–Crippen LogP) is 2.29. The van der Waals surface area contributed by atoms with Gasteiger partial charge in [-0.05, 0) is 26.3 Å². The molecule has 0 aliphatic carbocycles. The van der Waals surface area contributed by atoms with Crippen molar-refractivity contribution in [3.63, 3.8) is 0 Å². The molecule has 9 heteroatoms. The monoisotopic (exact) mass is 423 g/mol. The van der Waals surface area contributed by atoms with Gasteiger partial charge >= 0.3 is 12.2 Å². The van der Waals surface area contributed by atoms with E-state index in [9.17, 15) is 9.59 Å². The van der Waals surface area contributed by atoms with Gasteiger partial charge in [0.15, 0.2) is 5.79 Å². The smallest absolute Gasteiger partial charge is 0.407 e. The van der Waals surface area contributed by atoms with Crippen LogP contribution in [0.5, 0.6) is 0 Å². The van der Waals surface area contributed by atoms with Crippen molar-refractivity contribution >= 4 is 12.2 Å². The Hall–Kier alpha value is -2.36. The summed E-state index contributed by atoms with van der Waals surface area (Å²) in [6.45, 7) is 8.53. The molecule has 30 heavy (non-hydrogen) atoms. The summed E-state index contributed by atoms with van der Waals surface area (Å²) in [6, 6.07) is 9.37. The molecule has 9 nitrogen and oxygen atoms in total. The van der Waals surface area contributed by atoms with Crippen LogP contribution in [0.25, 0.3) is 0 Å². The van der Waals surface area contributed by atoms with Crippen LogP contribution in [0.3, 0.4) is 0 Å². The third-order valence-electron chi connectivity index (χ3n) is 4.38. The van der Waals surface area contributed by atoms with Gasteiger partial charge in [-0.1, -0.05) is 30.3 Å². The molecule has 1 atom stereocenters. The molecule has 168 valence electrons. The van der Waals surface area contributed by atoms with E-state index in [4.69, 9.17) is 19.9 Å². The topological polar surface area (TPSA) is 121 Å². The fourth-order valence-corrected chi connectivity index (χ4v) is 3.03. The second-order valence-electron chi connectivity index (χ2n) is 8.19. The fraction of sp³-hybridized carbons (Fsp3) is 0.619. The molecule has 0 radical (unpaired) electrons. The van der Waals surface area contributed by atoms with Crippen LogP contribution in [-0.2, 0) is 25.6 Å². The molecule has 1 unspecified atom stereocenters. The third kappa shape index (κ3) is 8.98. The highest BCUT2D eigenvalue weighted by molar-refractivity contribution is 5.67. The third-order valence-corrected chi connectivity index (χ3v) is 4.38. The zero-order valence-corrected chi connectivity index (χ0v) is 17.9. The first-order chi connectivity index (χ1) is 14.2. The predicted molar refractivity (Wildman–Crippen MR) is 111 cm³/mol. The number of primary amides is 1. The average Bonchev–Trinajstić information content (AvgIpc) is 3.07. The summed E-state index contributed by atoms with van der Waals surface area (Å²) in [7, 11) is 0. The maximum atomic E-state index is 11.5. The summed E-state index contributed by atoms with van der Waals surface area (Å²) in [5.74, 6) is -0.439. The number of nitrogens with two attached hydrogens (primary N) is 1. The van der Waals surface area contributed by atoms with Gasteiger partial charge in [0.1, 0.15) is 18.3 Å². The number of piperidine rings is 1. The van der Waals surface area contributed by atoms with E-state index in [0.717, 1.165) is 31.5 Å². The Morgan fingerprint density at radius 1 is 1.23 bits per heavy atom. The average molecular weight is 424 g/mol. The number of amides is 2. The zero-order valence-electron chi connectivity index (χ0n) is 17.9. The van der Waals surface area contributed by atoms with E-state index in [2.05, 4.69) is 15.4 Å². The van der Waals surface area contributed by atoms with Crippen LogP contribution in [0.15, 0.2) is 30.3 Å². The highest BCUT2D eigenvalue weighted by atomic mass is 16.7. The van der Waals surface area contributed by atoms with Crippen molar-refractivity contribution in [3.05, 3.63) is 35.9 Å². The lowest BCUT2D eigenvalue weighted by Gasteiger charge is -2.32. The Labute approximate surface area is 177 Å². The van der Waals surface area contributed by atoms with Gasteiger partial charge in [0, 0.05) is 32.5 Å². The van der Waals surface area contributed by atoms with Crippen molar-refractivity contribution in [2.75, 3.05) is 26.2 Å². The summed E-state index contributed by atoms with van der Waals surface area (Å²) in [6.07, 6.45) is 0.466. The lowest BCUT2D eigenvalue weighted by Crippen LogP contribution is -2.44. The summed E-state index contributed by atoms with van der Waals surface area (Å²) in [5.41, 5.74) is 5.24. The summed E-state index contributed by atoms with van der Waals surface area (Å²) >= 11 is 0. The number of ether oxygens (including phenoxy) is 4. The number of alkyl carbamates (subject to hydrolysis) is 1. The molecule has 0 bridgehead atoms. The van der Waals surface area contributed by atoms with Gasteiger partial charge in [-0.25, -0.2) is 9.59 Å². The summed E-state index contributed by atoms with van der Waals surface area (Å²) in [5, 5.41) is 6.00. The Morgan fingerprint density at radius 2 is 1.90 bits per heavy atom. The van der Waals surface area contributed by atoms with Gasteiger partial charge < -0.3 is 35.3 Å². The molecule has 4 N–H and O–H groups in total. The lowest BCUT2D eigenvalue weighted by atomic mass is 10.1. The minimum absolute atomic E-state index is 0.0920. The van der Waals surface area contributed by atoms with Crippen molar-refractivity contribution in [3.8, 4) is 0 Å². The van der Waals surface area contributed by atoms with Crippen molar-refractivity contribution < 1.29 is 28.5 Å². The number of carbonyl (C=O) groups is 2. The van der Waals surface area contributed by atoms with Gasteiger partial charge in [0.25, 0.3) is 0 Å². The van der Waals surface area contributed by atoms with E-state index < -0.39 is 23.6 Å². The number of nitrogens with one attached hydrogen (secondary N) is 2. The Kier molecular flexibility index (Phi) is 8.88. The van der Waals surface area contributed by atoms with Crippen LogP contribution >= 0.6 is 0 Å². The number of rotatable bonds is 4. The standard InChI is InChI=1S/C13H24N2O4.C8H9NO2/c1-12(2,3)19-11(16)15-8-10-9-17-13(18-10)4-6-14-7-5-13;9-8(10)11-6-7-4-2-1-3-5-7/h10,14H,4-9H2,1-3H3,(H,15,16);1-5H,6H2,(H2,9,10). The first kappa shape index (κ1) is 23.9. The maximum absolute atomic E-state index is 11.5. The first-order valence-electron chi connectivity index (χ1n) is 10.1. The first-order valence-corrected chi connectivity index (χ1v) is 10.1. The quantitative estimate of drug-likeness (QED) is 0.679. The molecule has 0 aromatic heterocycles. The van der Waals surface area contributed by atoms with Crippen molar-refractivity contribution in [1.82, 2.24) is 10.6 Å². The largest absolute Gasteiger partial charge is 0.445 e. The lowest BCUT2D eigenvalue weighted by molar-refractivity contribution is -0.182. The van der Waals surface area contributed by atoms with Gasteiger partial charge in [-0.2, -0.15) is 0 Å². The Bertz CT molecular complexity index is 671. The molecule has 2 amide bonds. The molecule has 2 saturated heterocycles. The van der Waals surface area contributed by atoms with Gasteiger partial charge in [0.05, 0.1) is 6.61 Å². The summed E-state index contributed by atoms with van der Waals surface area (Å²) in [4.78, 5) is 21.7. The second kappa shape index (κ2) is 11.1. The molecular formula is C21H33N3O6. The van der Waals surface area contributed by atoms with Crippen molar-refractivity contribution in [1.29, 1.82) is 0 Å². The van der Waals surface area contributed by atoms with Crippen LogP contribution < -0.4 is 16.4 Å². The zero-order chi connectivity index (χ0) is 22.0. The maximum Gasteiger partial charge on any atom is 0.407 e. The van der Waals surface area contributed by atoms with Crippen LogP contribution in [0.4, 0.5) is 9.59 Å². The highest BCUT2D eigenvalue weighted by Gasteiger charge is 2.42. The molecule has 2 fully saturated rings. The molecule has 1 aromatic carbocycles. The van der Waals surface area contributed by atoms with E-state index in [0.29, 0.717) is 13.2 Å². The number of hydrogen-bond acceptors (Lipinski definition) is 7. The van der Waals surface area contributed by atoms with E-state index in [1.54, 1.807) is 0 Å². The molecule has 2 heterocycles. The second-order valence-corrected chi connectivity index (χ2v) is 8.19. The SMILES string of the molecule is CC(C)(C)OC(=O)NCC1COC2(CCNCC2)O1.NC(=O)OCc1ccccc1. The molecule has 2 aliphatic heterocycles. The number of carbonyl (C=O) groups excluding carboxylic acids is 2. The van der Waals surface area contributed by atoms with Crippen molar-refractivity contribution in [2.24, 2.45) is 5.73 Å². The Balaban J connectivity index is 0.000000248. The van der Waals surface area contributed by atoms with Gasteiger partial charge in [0.2, 0.25) is 0 Å². The molecular weight excluding hydrogens is 390 g/mol. The van der Waals surface area contributed by atoms with E-state index in [1.807, 2.05) is 51.1 Å². The Morgan fingerprint density at radius 3 is 2.50 bits per heavy atom. The summed E-state index contributed by atoms with van der Waals surface area (Å²) < 4.78 is 21.5. The van der Waals surface area contributed by atoms with Crippen LogP contribution in [0.1, 0.15) is 39.2 Å². The minimum Gasteiger partial charge on any atom is -0.445 e. The molecule has 3 rings (SSSR count). The fourth-order valence-electron chi connectivity index (χ4n) is 3.03. The van der Waals surface area contributed by atoms with E-state index in [1.165, 1.54) is 0 Å². The number of hydrogen-bond donors (Lipinski definition) is 3. The highest BCUT2D eigenvalue weighted by Crippen LogP contribution is 2.31. The molecule has 1 aromatic rings. The van der Waals surface area contributed by atoms with Crippen molar-refractivity contribution in [2.45, 2.75) is 57.7 Å².